The number of rotatable bonds is 2. The Morgan fingerprint density at radius 3 is 2.69 bits per heavy atom. The van der Waals surface area contributed by atoms with E-state index < -0.39 is 27.5 Å². The minimum absolute atomic E-state index is 0.141. The number of carbonyl (C=O) groups is 1. The Bertz CT molecular complexity index is 423. The number of nitrogens with zero attached hydrogens (tertiary/aromatic N) is 1. The fourth-order valence-corrected chi connectivity index (χ4v) is 1.72. The Morgan fingerprint density at radius 2 is 2.25 bits per heavy atom. The second kappa shape index (κ2) is 4.57. The fourth-order valence-electron chi connectivity index (χ4n) is 1.06. The van der Waals surface area contributed by atoms with Gasteiger partial charge in [-0.2, -0.15) is 0 Å². The van der Waals surface area contributed by atoms with Crippen LogP contribution in [0.25, 0.3) is 0 Å². The van der Waals surface area contributed by atoms with Crippen molar-refractivity contribution >= 4 is 40.2 Å². The molecule has 0 heterocycles. The van der Waals surface area contributed by atoms with Crippen molar-refractivity contribution in [1.29, 1.82) is 0 Å². The van der Waals surface area contributed by atoms with Crippen LogP contribution in [0.1, 0.15) is 6.42 Å². The molecule has 1 unspecified atom stereocenters. The monoisotopic (exact) mass is 288 g/mol. The van der Waals surface area contributed by atoms with Crippen LogP contribution in [0.3, 0.4) is 0 Å². The van der Waals surface area contributed by atoms with Gasteiger partial charge in [0.2, 0.25) is 0 Å². The minimum atomic E-state index is -2.42. The van der Waals surface area contributed by atoms with E-state index in [-0.39, 0.29) is 10.7 Å². The molecule has 0 aliphatic heterocycles. The van der Waals surface area contributed by atoms with Crippen molar-refractivity contribution < 1.29 is 14.1 Å². The predicted octanol–water partition coefficient (Wildman–Crippen LogP) is 2.85. The van der Waals surface area contributed by atoms with Gasteiger partial charge in [0.05, 0.1) is 22.1 Å². The number of hydrogen-bond acceptors (Lipinski definition) is 3. The molecule has 0 aromatic rings. The van der Waals surface area contributed by atoms with Crippen LogP contribution in [0.2, 0.25) is 0 Å². The summed E-state index contributed by atoms with van der Waals surface area (Å²) in [5, 5.41) is 11.4. The molecule has 0 saturated heterocycles. The Morgan fingerprint density at radius 1 is 1.69 bits per heavy atom. The quantitative estimate of drug-likeness (QED) is 0.279. The maximum Gasteiger partial charge on any atom is 0.351 e. The summed E-state index contributed by atoms with van der Waals surface area (Å²) >= 11 is 16.1. The lowest BCUT2D eigenvalue weighted by atomic mass is 10.1. The van der Waals surface area contributed by atoms with Crippen molar-refractivity contribution in [1.82, 2.24) is 5.32 Å². The van der Waals surface area contributed by atoms with Crippen LogP contribution < -0.4 is 5.32 Å². The van der Waals surface area contributed by atoms with Crippen molar-refractivity contribution in [2.45, 2.75) is 11.4 Å². The van der Waals surface area contributed by atoms with Gasteiger partial charge >= 0.3 is 10.4 Å². The summed E-state index contributed by atoms with van der Waals surface area (Å²) in [4.78, 5) is 17.6. The van der Waals surface area contributed by atoms with Crippen LogP contribution in [0.4, 0.5) is 9.18 Å². The number of nitrogens with one attached hydrogen (secondary N) is 1. The fraction of sp³-hybridized carbons (Fsp3) is 0.286. The van der Waals surface area contributed by atoms with Crippen LogP contribution in [0.5, 0.6) is 0 Å². The molecule has 0 radical (unpaired) electrons. The molecular formula is C7H4Cl3FN2O3. The highest BCUT2D eigenvalue weighted by Gasteiger charge is 2.49. The Hall–Kier alpha value is -0.850. The third-order valence-corrected chi connectivity index (χ3v) is 2.72. The van der Waals surface area contributed by atoms with E-state index in [1.165, 1.54) is 0 Å². The van der Waals surface area contributed by atoms with E-state index in [0.717, 1.165) is 0 Å². The van der Waals surface area contributed by atoms with Gasteiger partial charge in [0, 0.05) is 6.08 Å². The molecule has 0 aromatic carbocycles. The number of carbonyl (C=O) groups excluding carboxylic acids is 1. The largest absolute Gasteiger partial charge is 0.351 e. The van der Waals surface area contributed by atoms with Gasteiger partial charge in [0.1, 0.15) is 0 Å². The molecule has 88 valence electrons. The molecule has 0 bridgehead atoms. The summed E-state index contributed by atoms with van der Waals surface area (Å²) in [6.07, 6.45) is 0.0971. The SMILES string of the molecule is O=C(Cl)NC1=C(Cl)CC(Cl)([N+](=O)[O-])C(F)=C1. The van der Waals surface area contributed by atoms with Gasteiger partial charge in [-0.25, -0.2) is 4.39 Å². The van der Waals surface area contributed by atoms with E-state index in [1.54, 1.807) is 0 Å². The number of halogens is 4. The van der Waals surface area contributed by atoms with E-state index in [2.05, 4.69) is 0 Å². The van der Waals surface area contributed by atoms with Gasteiger partial charge in [-0.05, 0) is 23.2 Å². The number of alkyl halides is 1. The predicted molar refractivity (Wildman–Crippen MR) is 56.7 cm³/mol. The molecule has 0 aromatic heterocycles. The molecule has 5 nitrogen and oxygen atoms in total. The summed E-state index contributed by atoms with van der Waals surface area (Å²) in [7, 11) is 0. The first kappa shape index (κ1) is 13.2. The van der Waals surface area contributed by atoms with Gasteiger partial charge < -0.3 is 5.32 Å². The first-order valence-electron chi connectivity index (χ1n) is 3.83. The summed E-state index contributed by atoms with van der Waals surface area (Å²) in [6, 6.07) is 0. The lowest BCUT2D eigenvalue weighted by molar-refractivity contribution is -0.533. The highest BCUT2D eigenvalue weighted by molar-refractivity contribution is 6.63. The molecule has 1 aliphatic rings. The zero-order valence-electron chi connectivity index (χ0n) is 7.47. The molecule has 9 heteroatoms. The van der Waals surface area contributed by atoms with Crippen LogP contribution in [-0.4, -0.2) is 15.3 Å². The molecule has 1 amide bonds. The summed E-state index contributed by atoms with van der Waals surface area (Å²) in [5.41, 5.74) is -0.141. The van der Waals surface area contributed by atoms with Gasteiger partial charge in [0.25, 0.3) is 0 Å². The Labute approximate surface area is 104 Å². The van der Waals surface area contributed by atoms with Crippen molar-refractivity contribution in [2.24, 2.45) is 0 Å². The summed E-state index contributed by atoms with van der Waals surface area (Å²) in [5.74, 6) is -1.22. The topological polar surface area (TPSA) is 72.2 Å². The van der Waals surface area contributed by atoms with Gasteiger partial charge in [-0.3, -0.25) is 14.9 Å². The summed E-state index contributed by atoms with van der Waals surface area (Å²) in [6.45, 7) is 0. The zero-order chi connectivity index (χ0) is 12.5. The molecule has 0 saturated carbocycles. The normalized spacial score (nSPS) is 25.1. The molecular weight excluding hydrogens is 285 g/mol. The zero-order valence-corrected chi connectivity index (χ0v) is 9.74. The average molecular weight is 289 g/mol. The van der Waals surface area contributed by atoms with Crippen LogP contribution in [-0.2, 0) is 0 Å². The van der Waals surface area contributed by atoms with E-state index in [1.807, 2.05) is 5.32 Å². The van der Waals surface area contributed by atoms with Crippen molar-refractivity contribution in [3.05, 3.63) is 32.7 Å². The lowest BCUT2D eigenvalue weighted by Crippen LogP contribution is -2.36. The second-order valence-electron chi connectivity index (χ2n) is 2.90. The highest BCUT2D eigenvalue weighted by atomic mass is 35.5. The number of amides is 1. The van der Waals surface area contributed by atoms with E-state index in [9.17, 15) is 19.3 Å². The van der Waals surface area contributed by atoms with Crippen LogP contribution >= 0.6 is 34.8 Å². The third-order valence-electron chi connectivity index (χ3n) is 1.84. The van der Waals surface area contributed by atoms with Crippen molar-refractivity contribution in [2.75, 3.05) is 0 Å². The van der Waals surface area contributed by atoms with Gasteiger partial charge in [-0.15, -0.1) is 0 Å². The lowest BCUT2D eigenvalue weighted by Gasteiger charge is -2.21. The maximum absolute atomic E-state index is 13.4. The Kier molecular flexibility index (Phi) is 3.77. The molecule has 1 atom stereocenters. The molecule has 1 N–H and O–H groups in total. The summed E-state index contributed by atoms with van der Waals surface area (Å²) < 4.78 is 13.4. The second-order valence-corrected chi connectivity index (χ2v) is 4.33. The van der Waals surface area contributed by atoms with E-state index in [0.29, 0.717) is 6.08 Å². The van der Waals surface area contributed by atoms with E-state index >= 15 is 0 Å². The van der Waals surface area contributed by atoms with Crippen LogP contribution in [0.15, 0.2) is 22.6 Å². The standard InChI is InChI=1S/C7H4Cl3FN2O3/c8-3-2-7(10,13(15)16)5(11)1-4(3)12-6(9)14/h1H,2H2,(H,12,14). The Balaban J connectivity index is 3.07. The molecule has 1 aliphatic carbocycles. The van der Waals surface area contributed by atoms with Crippen molar-refractivity contribution in [3.63, 3.8) is 0 Å². The van der Waals surface area contributed by atoms with Gasteiger partial charge in [-0.1, -0.05) is 11.6 Å². The molecule has 0 fully saturated rings. The van der Waals surface area contributed by atoms with Crippen LogP contribution in [0, 0.1) is 10.1 Å². The molecule has 1 rings (SSSR count). The van der Waals surface area contributed by atoms with Gasteiger partial charge in [0.15, 0.2) is 5.83 Å². The number of hydrogen-bond donors (Lipinski definition) is 1. The average Bonchev–Trinajstić information content (AvgIpc) is 2.13. The molecule has 16 heavy (non-hydrogen) atoms. The highest BCUT2D eigenvalue weighted by Crippen LogP contribution is 2.40. The first-order chi connectivity index (χ1) is 7.27. The van der Waals surface area contributed by atoms with E-state index in [4.69, 9.17) is 34.8 Å². The maximum atomic E-state index is 13.4. The number of allylic oxidation sites excluding steroid dienone is 1. The minimum Gasteiger partial charge on any atom is -0.311 e. The number of nitro groups is 1. The molecule has 0 spiro atoms. The van der Waals surface area contributed by atoms with Crippen molar-refractivity contribution in [3.8, 4) is 0 Å². The third kappa shape index (κ3) is 2.45. The smallest absolute Gasteiger partial charge is 0.311 e. The first-order valence-corrected chi connectivity index (χ1v) is 4.97.